The van der Waals surface area contributed by atoms with Gasteiger partial charge in [-0.05, 0) is 61.5 Å². The molecule has 1 aromatic heterocycles. The van der Waals surface area contributed by atoms with Crippen LogP contribution in [0.3, 0.4) is 0 Å². The molecule has 1 unspecified atom stereocenters. The number of aryl methyl sites for hydroxylation is 1. The number of anilines is 1. The number of halogens is 1. The first-order chi connectivity index (χ1) is 15.6. The third kappa shape index (κ3) is 6.23. The number of nitrogens with one attached hydrogen (secondary N) is 1. The van der Waals surface area contributed by atoms with Crippen LogP contribution >= 0.6 is 23.5 Å². The van der Waals surface area contributed by atoms with Crippen LogP contribution in [0.15, 0.2) is 59.6 Å². The van der Waals surface area contributed by atoms with Crippen LogP contribution in [0.1, 0.15) is 31.4 Å². The second-order valence-corrected chi connectivity index (χ2v) is 8.95. The Morgan fingerprint density at radius 1 is 1.19 bits per heavy atom. The Kier molecular flexibility index (Phi) is 9.36. The molecule has 1 aliphatic heterocycles. The van der Waals surface area contributed by atoms with Gasteiger partial charge in [0.15, 0.2) is 5.82 Å². The van der Waals surface area contributed by atoms with Gasteiger partial charge in [0.05, 0.1) is 0 Å². The van der Waals surface area contributed by atoms with E-state index in [1.165, 1.54) is 4.90 Å². The number of aromatic nitrogens is 2. The van der Waals surface area contributed by atoms with Gasteiger partial charge in [0.1, 0.15) is 5.82 Å². The number of hydrogen-bond donors (Lipinski definition) is 2. The number of nitrogens with two attached hydrogens (primary N) is 1. The van der Waals surface area contributed by atoms with Crippen LogP contribution in [0.4, 0.5) is 5.82 Å². The highest BCUT2D eigenvalue weighted by atomic mass is 35.5. The second kappa shape index (κ2) is 12.2. The molecule has 0 spiro atoms. The van der Waals surface area contributed by atoms with E-state index in [1.54, 1.807) is 11.9 Å². The molecule has 170 valence electrons. The lowest BCUT2D eigenvalue weighted by molar-refractivity contribution is 0.602. The summed E-state index contributed by atoms with van der Waals surface area (Å²) in [6.45, 7) is 9.27. The molecule has 1 aliphatic rings. The van der Waals surface area contributed by atoms with Crippen molar-refractivity contribution in [3.8, 4) is 11.4 Å². The maximum Gasteiger partial charge on any atom is 0.161 e. The molecule has 0 radical (unpaired) electrons. The Labute approximate surface area is 200 Å². The Bertz CT molecular complexity index is 999. The van der Waals surface area contributed by atoms with Crippen molar-refractivity contribution in [2.45, 2.75) is 38.6 Å². The van der Waals surface area contributed by atoms with Crippen molar-refractivity contribution in [2.24, 2.45) is 11.7 Å². The smallest absolute Gasteiger partial charge is 0.161 e. The van der Waals surface area contributed by atoms with Crippen LogP contribution in [0.5, 0.6) is 0 Å². The third-order valence-corrected chi connectivity index (χ3v) is 6.59. The monoisotopic (exact) mass is 469 g/mol. The van der Waals surface area contributed by atoms with E-state index in [9.17, 15) is 0 Å². The van der Waals surface area contributed by atoms with Crippen molar-refractivity contribution < 1.29 is 0 Å². The zero-order valence-corrected chi connectivity index (χ0v) is 20.6. The lowest BCUT2D eigenvalue weighted by Gasteiger charge is -2.21. The van der Waals surface area contributed by atoms with Gasteiger partial charge in [-0.1, -0.05) is 55.8 Å². The maximum atomic E-state index is 6.33. The predicted octanol–water partition coefficient (Wildman–Crippen LogP) is 5.71. The average molecular weight is 470 g/mol. The number of hydrogen-bond acceptors (Lipinski definition) is 6. The number of nitrogens with zero attached hydrogens (tertiary/aromatic N) is 3. The summed E-state index contributed by atoms with van der Waals surface area (Å²) < 4.78 is 3.45. The molecule has 3 aromatic rings. The Morgan fingerprint density at radius 3 is 2.66 bits per heavy atom. The van der Waals surface area contributed by atoms with Crippen LogP contribution < -0.4 is 15.4 Å². The van der Waals surface area contributed by atoms with E-state index in [1.807, 2.05) is 63.4 Å². The zero-order valence-electron chi connectivity index (χ0n) is 19.0. The molecule has 0 aliphatic carbocycles. The average Bonchev–Trinajstić information content (AvgIpc) is 3.32. The summed E-state index contributed by atoms with van der Waals surface area (Å²) in [7, 11) is 0. The molecule has 32 heavy (non-hydrogen) atoms. The first-order valence-corrected chi connectivity index (χ1v) is 12.4. The fourth-order valence-corrected chi connectivity index (χ4v) is 4.44. The van der Waals surface area contributed by atoms with Crippen molar-refractivity contribution >= 4 is 29.4 Å². The van der Waals surface area contributed by atoms with E-state index in [4.69, 9.17) is 22.3 Å². The van der Waals surface area contributed by atoms with Crippen molar-refractivity contribution in [1.82, 2.24) is 14.7 Å². The van der Waals surface area contributed by atoms with Crippen molar-refractivity contribution in [1.29, 1.82) is 0 Å². The molecule has 2 aromatic carbocycles. The fraction of sp³-hybridized carbons (Fsp3) is 0.360. The SMILES string of the molecule is CC.Cc1ccc(-c2ncc(CNSc3ccccc3)c(N3CCC(CN)C3)n2)cc1Cl. The molecular formula is C25H32ClN5S. The standard InChI is InChI=1S/C23H26ClN5S.C2H6/c1-16-7-8-18(11-21(16)24)22-26-13-19(14-27-30-20-5-3-2-4-6-20)23(28-22)29-10-9-17(12-25)15-29;1-2/h2-8,11,13,17,27H,9-10,12,14-15,25H2,1H3;1-2H3. The molecule has 1 saturated heterocycles. The van der Waals surface area contributed by atoms with E-state index in [2.05, 4.69) is 26.7 Å². The quantitative estimate of drug-likeness (QED) is 0.432. The Hall–Kier alpha value is -2.12. The first kappa shape index (κ1) is 24.5. The van der Waals surface area contributed by atoms with Crippen LogP contribution in [0.25, 0.3) is 11.4 Å². The van der Waals surface area contributed by atoms with Crippen LogP contribution in [-0.4, -0.2) is 29.6 Å². The van der Waals surface area contributed by atoms with Gasteiger partial charge in [0.2, 0.25) is 0 Å². The molecule has 7 heteroatoms. The lowest BCUT2D eigenvalue weighted by atomic mass is 10.1. The van der Waals surface area contributed by atoms with Gasteiger partial charge in [-0.25, -0.2) is 9.97 Å². The summed E-state index contributed by atoms with van der Waals surface area (Å²) >= 11 is 7.95. The lowest BCUT2D eigenvalue weighted by Crippen LogP contribution is -2.25. The number of benzene rings is 2. The topological polar surface area (TPSA) is 67.1 Å². The number of rotatable bonds is 7. The van der Waals surface area contributed by atoms with Gasteiger partial charge < -0.3 is 10.6 Å². The normalized spacial score (nSPS) is 15.4. The largest absolute Gasteiger partial charge is 0.356 e. The van der Waals surface area contributed by atoms with Gasteiger partial charge in [-0.15, -0.1) is 0 Å². The van der Waals surface area contributed by atoms with Gasteiger partial charge in [0.25, 0.3) is 0 Å². The molecule has 4 rings (SSSR count). The van der Waals surface area contributed by atoms with Crippen LogP contribution in [0, 0.1) is 12.8 Å². The highest BCUT2D eigenvalue weighted by molar-refractivity contribution is 7.97. The molecule has 5 nitrogen and oxygen atoms in total. The summed E-state index contributed by atoms with van der Waals surface area (Å²) in [5.41, 5.74) is 8.98. The fourth-order valence-electron chi connectivity index (χ4n) is 3.57. The van der Waals surface area contributed by atoms with Crippen LogP contribution in [0.2, 0.25) is 5.02 Å². The van der Waals surface area contributed by atoms with E-state index >= 15 is 0 Å². The van der Waals surface area contributed by atoms with Gasteiger partial charge in [-0.3, -0.25) is 4.72 Å². The van der Waals surface area contributed by atoms with E-state index in [-0.39, 0.29) is 0 Å². The van der Waals surface area contributed by atoms with E-state index < -0.39 is 0 Å². The predicted molar refractivity (Wildman–Crippen MR) is 137 cm³/mol. The first-order valence-electron chi connectivity index (χ1n) is 11.2. The Balaban J connectivity index is 0.00000141. The molecule has 0 amide bonds. The van der Waals surface area contributed by atoms with Gasteiger partial charge >= 0.3 is 0 Å². The van der Waals surface area contributed by atoms with E-state index in [0.29, 0.717) is 24.8 Å². The van der Waals surface area contributed by atoms with E-state index in [0.717, 1.165) is 47.0 Å². The third-order valence-electron chi connectivity index (χ3n) is 5.39. The molecular weight excluding hydrogens is 438 g/mol. The molecule has 0 saturated carbocycles. The zero-order chi connectivity index (χ0) is 22.9. The summed E-state index contributed by atoms with van der Waals surface area (Å²) in [4.78, 5) is 13.1. The summed E-state index contributed by atoms with van der Waals surface area (Å²) in [5.74, 6) is 2.19. The molecule has 1 atom stereocenters. The molecule has 3 N–H and O–H groups in total. The Morgan fingerprint density at radius 2 is 1.97 bits per heavy atom. The van der Waals surface area contributed by atoms with Gasteiger partial charge in [-0.2, -0.15) is 0 Å². The minimum Gasteiger partial charge on any atom is -0.356 e. The minimum atomic E-state index is 0.511. The van der Waals surface area contributed by atoms with Crippen molar-refractivity contribution in [3.63, 3.8) is 0 Å². The summed E-state index contributed by atoms with van der Waals surface area (Å²) in [5, 5.41) is 0.729. The van der Waals surface area contributed by atoms with Crippen molar-refractivity contribution in [3.05, 3.63) is 70.9 Å². The minimum absolute atomic E-state index is 0.511. The highest BCUT2D eigenvalue weighted by Gasteiger charge is 2.25. The second-order valence-electron chi connectivity index (χ2n) is 7.58. The highest BCUT2D eigenvalue weighted by Crippen LogP contribution is 2.29. The maximum absolute atomic E-state index is 6.33. The summed E-state index contributed by atoms with van der Waals surface area (Å²) in [6.07, 6.45) is 3.03. The molecule has 2 heterocycles. The molecule has 0 bridgehead atoms. The van der Waals surface area contributed by atoms with Gasteiger partial charge in [0, 0.05) is 46.9 Å². The van der Waals surface area contributed by atoms with Crippen LogP contribution in [-0.2, 0) is 6.54 Å². The summed E-state index contributed by atoms with van der Waals surface area (Å²) in [6, 6.07) is 16.2. The van der Waals surface area contributed by atoms with Crippen molar-refractivity contribution in [2.75, 3.05) is 24.5 Å². The molecule has 1 fully saturated rings.